The predicted molar refractivity (Wildman–Crippen MR) is 84.5 cm³/mol. The van der Waals surface area contributed by atoms with E-state index in [1.807, 2.05) is 6.07 Å². The van der Waals surface area contributed by atoms with Crippen LogP contribution in [0, 0.1) is 5.92 Å². The molecule has 0 radical (unpaired) electrons. The monoisotopic (exact) mass is 307 g/mol. The minimum absolute atomic E-state index is 0.160. The lowest BCUT2D eigenvalue weighted by atomic mass is 10.1. The molecule has 1 aromatic heterocycles. The molecule has 22 heavy (non-hydrogen) atoms. The van der Waals surface area contributed by atoms with Gasteiger partial charge in [-0.25, -0.2) is 0 Å². The Morgan fingerprint density at radius 3 is 2.68 bits per heavy atom. The van der Waals surface area contributed by atoms with Crippen molar-refractivity contribution >= 4 is 11.9 Å². The van der Waals surface area contributed by atoms with Gasteiger partial charge in [0.25, 0.3) is 0 Å². The minimum atomic E-state index is 0.160. The molecular weight excluding hydrogens is 282 g/mol. The second-order valence-corrected chi connectivity index (χ2v) is 5.79. The Hall–Kier alpha value is -2.05. The molecule has 0 aliphatic heterocycles. The number of nitrogens with one attached hydrogen (secondary N) is 3. The van der Waals surface area contributed by atoms with E-state index < -0.39 is 0 Å². The van der Waals surface area contributed by atoms with Gasteiger partial charge in [0, 0.05) is 32.1 Å². The smallest absolute Gasteiger partial charge is 0.223 e. The molecule has 1 aliphatic carbocycles. The lowest BCUT2D eigenvalue weighted by molar-refractivity contribution is -0.122. The molecule has 122 valence electrons. The molecule has 0 aromatic carbocycles. The topological polar surface area (TPSA) is 91.5 Å². The maximum absolute atomic E-state index is 11.5. The van der Waals surface area contributed by atoms with Crippen molar-refractivity contribution in [3.8, 4) is 0 Å². The Morgan fingerprint density at radius 2 is 2.09 bits per heavy atom. The first-order chi connectivity index (χ1) is 10.6. The number of aliphatic imine (C=N–C) groups is 1. The number of guanidine groups is 1. The number of hydrogen-bond donors (Lipinski definition) is 3. The van der Waals surface area contributed by atoms with Crippen LogP contribution < -0.4 is 16.0 Å². The van der Waals surface area contributed by atoms with E-state index in [4.69, 9.17) is 4.52 Å². The van der Waals surface area contributed by atoms with Crippen molar-refractivity contribution < 1.29 is 9.32 Å². The molecule has 0 unspecified atom stereocenters. The number of amides is 1. The van der Waals surface area contributed by atoms with Crippen molar-refractivity contribution in [3.05, 3.63) is 17.5 Å². The number of rotatable bonds is 7. The third kappa shape index (κ3) is 5.05. The molecule has 1 heterocycles. The number of aromatic nitrogens is 1. The van der Waals surface area contributed by atoms with Crippen molar-refractivity contribution in [3.63, 3.8) is 0 Å². The highest BCUT2D eigenvalue weighted by Crippen LogP contribution is 2.28. The first-order valence-electron chi connectivity index (χ1n) is 7.78. The fourth-order valence-corrected chi connectivity index (χ4v) is 1.93. The average Bonchev–Trinajstić information content (AvgIpc) is 3.24. The van der Waals surface area contributed by atoms with Crippen molar-refractivity contribution in [1.82, 2.24) is 21.1 Å². The SMILES string of the molecule is CN=C(NCCNC(=O)C1CC1)NCc1cc(C(C)C)no1. The van der Waals surface area contributed by atoms with Gasteiger partial charge in [0.05, 0.1) is 12.2 Å². The van der Waals surface area contributed by atoms with Crippen molar-refractivity contribution in [2.75, 3.05) is 20.1 Å². The molecule has 0 saturated heterocycles. The van der Waals surface area contributed by atoms with Crippen LogP contribution in [0.25, 0.3) is 0 Å². The Kier molecular flexibility index (Phi) is 5.80. The highest BCUT2D eigenvalue weighted by atomic mass is 16.5. The zero-order valence-corrected chi connectivity index (χ0v) is 13.5. The highest BCUT2D eigenvalue weighted by Gasteiger charge is 2.28. The third-order valence-corrected chi connectivity index (χ3v) is 3.49. The van der Waals surface area contributed by atoms with Crippen LogP contribution in [-0.4, -0.2) is 37.2 Å². The third-order valence-electron chi connectivity index (χ3n) is 3.49. The fraction of sp³-hybridized carbons (Fsp3) is 0.667. The first-order valence-corrected chi connectivity index (χ1v) is 7.78. The van der Waals surface area contributed by atoms with Crippen molar-refractivity contribution in [1.29, 1.82) is 0 Å². The predicted octanol–water partition coefficient (Wildman–Crippen LogP) is 0.989. The van der Waals surface area contributed by atoms with Gasteiger partial charge in [0.2, 0.25) is 5.91 Å². The average molecular weight is 307 g/mol. The summed E-state index contributed by atoms with van der Waals surface area (Å²) in [5.41, 5.74) is 0.947. The van der Waals surface area contributed by atoms with Gasteiger partial charge in [-0.05, 0) is 18.8 Å². The first kappa shape index (κ1) is 16.3. The zero-order valence-electron chi connectivity index (χ0n) is 13.5. The van der Waals surface area contributed by atoms with E-state index >= 15 is 0 Å². The fourth-order valence-electron chi connectivity index (χ4n) is 1.93. The maximum atomic E-state index is 11.5. The zero-order chi connectivity index (χ0) is 15.9. The van der Waals surface area contributed by atoms with Crippen LogP contribution in [0.15, 0.2) is 15.6 Å². The van der Waals surface area contributed by atoms with E-state index in [0.717, 1.165) is 24.3 Å². The molecular formula is C15H25N5O2. The standard InChI is InChI=1S/C15H25N5O2/c1-10(2)13-8-12(22-20-13)9-19-15(16-3)18-7-6-17-14(21)11-4-5-11/h8,10-11H,4-7,9H2,1-3H3,(H,17,21)(H2,16,18,19). The van der Waals surface area contributed by atoms with Gasteiger partial charge in [-0.1, -0.05) is 19.0 Å². The number of hydrogen-bond acceptors (Lipinski definition) is 4. The molecule has 0 spiro atoms. The molecule has 7 heteroatoms. The molecule has 2 rings (SSSR count). The number of nitrogens with zero attached hydrogens (tertiary/aromatic N) is 2. The summed E-state index contributed by atoms with van der Waals surface area (Å²) in [7, 11) is 1.71. The minimum Gasteiger partial charge on any atom is -0.359 e. The summed E-state index contributed by atoms with van der Waals surface area (Å²) in [5, 5.41) is 13.2. The lowest BCUT2D eigenvalue weighted by Gasteiger charge is -2.11. The Bertz CT molecular complexity index is 520. The summed E-state index contributed by atoms with van der Waals surface area (Å²) in [6, 6.07) is 1.95. The summed E-state index contributed by atoms with van der Waals surface area (Å²) in [5.74, 6) is 2.20. The Morgan fingerprint density at radius 1 is 1.36 bits per heavy atom. The van der Waals surface area contributed by atoms with E-state index in [1.54, 1.807) is 7.05 Å². The molecule has 1 saturated carbocycles. The van der Waals surface area contributed by atoms with E-state index in [0.29, 0.717) is 31.5 Å². The van der Waals surface area contributed by atoms with Gasteiger partial charge in [-0.15, -0.1) is 0 Å². The van der Waals surface area contributed by atoms with Crippen LogP contribution in [0.1, 0.15) is 44.1 Å². The van der Waals surface area contributed by atoms with Crippen LogP contribution in [0.5, 0.6) is 0 Å². The molecule has 1 fully saturated rings. The molecule has 1 amide bonds. The highest BCUT2D eigenvalue weighted by molar-refractivity contribution is 5.81. The molecule has 1 aliphatic rings. The second kappa shape index (κ2) is 7.82. The van der Waals surface area contributed by atoms with Gasteiger partial charge in [0.15, 0.2) is 11.7 Å². The van der Waals surface area contributed by atoms with Crippen LogP contribution in [0.3, 0.4) is 0 Å². The van der Waals surface area contributed by atoms with Gasteiger partial charge in [-0.3, -0.25) is 9.79 Å². The van der Waals surface area contributed by atoms with Crippen LogP contribution in [0.4, 0.5) is 0 Å². The Balaban J connectivity index is 1.64. The number of carbonyl (C=O) groups excluding carboxylic acids is 1. The maximum Gasteiger partial charge on any atom is 0.223 e. The molecule has 7 nitrogen and oxygen atoms in total. The summed E-state index contributed by atoms with van der Waals surface area (Å²) < 4.78 is 5.26. The second-order valence-electron chi connectivity index (χ2n) is 5.79. The molecule has 0 atom stereocenters. The van der Waals surface area contributed by atoms with Crippen LogP contribution in [-0.2, 0) is 11.3 Å². The summed E-state index contributed by atoms with van der Waals surface area (Å²) in [6.07, 6.45) is 2.05. The van der Waals surface area contributed by atoms with Gasteiger partial charge in [-0.2, -0.15) is 0 Å². The van der Waals surface area contributed by atoms with Crippen molar-refractivity contribution in [2.24, 2.45) is 10.9 Å². The summed E-state index contributed by atoms with van der Waals surface area (Å²) in [6.45, 7) is 5.90. The van der Waals surface area contributed by atoms with E-state index in [9.17, 15) is 4.79 Å². The van der Waals surface area contributed by atoms with Gasteiger partial charge < -0.3 is 20.5 Å². The summed E-state index contributed by atoms with van der Waals surface area (Å²) in [4.78, 5) is 15.6. The molecule has 1 aromatic rings. The van der Waals surface area contributed by atoms with E-state index in [2.05, 4.69) is 39.9 Å². The molecule has 3 N–H and O–H groups in total. The Labute approximate surface area is 130 Å². The van der Waals surface area contributed by atoms with Gasteiger partial charge in [0.1, 0.15) is 0 Å². The molecule has 0 bridgehead atoms. The lowest BCUT2D eigenvalue weighted by Crippen LogP contribution is -2.41. The normalized spacial score (nSPS) is 15.0. The van der Waals surface area contributed by atoms with Crippen molar-refractivity contribution in [2.45, 2.75) is 39.2 Å². The van der Waals surface area contributed by atoms with Crippen LogP contribution in [0.2, 0.25) is 0 Å². The quantitative estimate of drug-likeness (QED) is 0.397. The largest absolute Gasteiger partial charge is 0.359 e. The van der Waals surface area contributed by atoms with E-state index in [1.165, 1.54) is 0 Å². The van der Waals surface area contributed by atoms with Crippen LogP contribution >= 0.6 is 0 Å². The van der Waals surface area contributed by atoms with E-state index in [-0.39, 0.29) is 11.8 Å². The number of carbonyl (C=O) groups is 1. The van der Waals surface area contributed by atoms with Gasteiger partial charge >= 0.3 is 0 Å². The summed E-state index contributed by atoms with van der Waals surface area (Å²) >= 11 is 0.